The van der Waals surface area contributed by atoms with Gasteiger partial charge in [0.1, 0.15) is 0 Å². The number of nitrogens with two attached hydrogens (primary N) is 1. The van der Waals surface area contributed by atoms with E-state index in [9.17, 15) is 9.59 Å². The van der Waals surface area contributed by atoms with Crippen LogP contribution < -0.4 is 11.1 Å². The van der Waals surface area contributed by atoms with Crippen LogP contribution >= 0.6 is 0 Å². The van der Waals surface area contributed by atoms with E-state index in [1.807, 2.05) is 13.8 Å². The Morgan fingerprint density at radius 1 is 1.38 bits per heavy atom. The van der Waals surface area contributed by atoms with Crippen LogP contribution in [0.3, 0.4) is 0 Å². The second-order valence-corrected chi connectivity index (χ2v) is 4.17. The minimum atomic E-state index is -1.44. The molecule has 0 aromatic rings. The third-order valence-electron chi connectivity index (χ3n) is 2.06. The number of rotatable bonds is 7. The molecule has 1 amide bonds. The summed E-state index contributed by atoms with van der Waals surface area (Å²) in [6.07, 6.45) is -0.885. The van der Waals surface area contributed by atoms with E-state index < -0.39 is 18.1 Å². The fourth-order valence-corrected chi connectivity index (χ4v) is 1.20. The predicted molar refractivity (Wildman–Crippen MR) is 58.7 cm³/mol. The number of aliphatic hydroxyl groups excluding tert-OH is 1. The molecule has 0 saturated heterocycles. The highest BCUT2D eigenvalue weighted by Crippen LogP contribution is 2.02. The lowest BCUT2D eigenvalue weighted by Crippen LogP contribution is -2.42. The van der Waals surface area contributed by atoms with Gasteiger partial charge in [-0.15, -0.1) is 0 Å². The molecule has 0 radical (unpaired) electrons. The van der Waals surface area contributed by atoms with E-state index in [1.165, 1.54) is 0 Å². The topological polar surface area (TPSA) is 113 Å². The number of amides is 1. The van der Waals surface area contributed by atoms with Gasteiger partial charge in [0.2, 0.25) is 5.91 Å². The lowest BCUT2D eigenvalue weighted by molar-refractivity contribution is -0.147. The Labute approximate surface area is 94.8 Å². The first-order valence-electron chi connectivity index (χ1n) is 5.28. The van der Waals surface area contributed by atoms with E-state index in [-0.39, 0.29) is 18.9 Å². The molecule has 94 valence electrons. The molecule has 5 N–H and O–H groups in total. The lowest BCUT2D eigenvalue weighted by atomic mass is 10.0. The normalized spacial score (nSPS) is 14.6. The van der Waals surface area contributed by atoms with E-state index in [2.05, 4.69) is 5.32 Å². The molecular formula is C10H20N2O4. The second-order valence-electron chi connectivity index (χ2n) is 4.17. The molecule has 6 heteroatoms. The first-order chi connectivity index (χ1) is 7.34. The highest BCUT2D eigenvalue weighted by molar-refractivity contribution is 5.81. The quantitative estimate of drug-likeness (QED) is 0.464. The van der Waals surface area contributed by atoms with Gasteiger partial charge in [0.25, 0.3) is 0 Å². The summed E-state index contributed by atoms with van der Waals surface area (Å²) in [5.74, 6) is -1.28. The molecule has 6 nitrogen and oxygen atoms in total. The summed E-state index contributed by atoms with van der Waals surface area (Å²) in [6, 6.07) is -0.582. The van der Waals surface area contributed by atoms with Crippen molar-refractivity contribution in [3.8, 4) is 0 Å². The molecule has 0 aliphatic rings. The Kier molecular flexibility index (Phi) is 6.67. The van der Waals surface area contributed by atoms with Crippen LogP contribution in [0.1, 0.15) is 26.7 Å². The smallest absolute Gasteiger partial charge is 0.332 e. The molecule has 0 saturated carbocycles. The van der Waals surface area contributed by atoms with Crippen molar-refractivity contribution < 1.29 is 19.8 Å². The van der Waals surface area contributed by atoms with Gasteiger partial charge in [0.05, 0.1) is 6.04 Å². The molecule has 0 aliphatic heterocycles. The Hall–Kier alpha value is -1.14. The molecule has 0 aromatic heterocycles. The number of aliphatic carboxylic acids is 1. The highest BCUT2D eigenvalue weighted by atomic mass is 16.4. The minimum Gasteiger partial charge on any atom is -0.479 e. The number of carboxylic acid groups (broad SMARTS) is 1. The van der Waals surface area contributed by atoms with Gasteiger partial charge in [-0.25, -0.2) is 4.79 Å². The zero-order valence-electron chi connectivity index (χ0n) is 9.64. The van der Waals surface area contributed by atoms with Gasteiger partial charge in [-0.05, 0) is 12.3 Å². The summed E-state index contributed by atoms with van der Waals surface area (Å²) in [5.41, 5.74) is 5.60. The summed E-state index contributed by atoms with van der Waals surface area (Å²) in [5, 5.41) is 19.8. The fourth-order valence-electron chi connectivity index (χ4n) is 1.20. The first kappa shape index (κ1) is 14.9. The number of hydrogen-bond acceptors (Lipinski definition) is 4. The molecular weight excluding hydrogens is 212 g/mol. The van der Waals surface area contributed by atoms with E-state index in [4.69, 9.17) is 15.9 Å². The van der Waals surface area contributed by atoms with Gasteiger partial charge in [-0.2, -0.15) is 0 Å². The number of carbonyl (C=O) groups excluding carboxylic acids is 1. The van der Waals surface area contributed by atoms with Crippen molar-refractivity contribution >= 4 is 11.9 Å². The monoisotopic (exact) mass is 232 g/mol. The molecule has 0 unspecified atom stereocenters. The largest absolute Gasteiger partial charge is 0.479 e. The molecule has 0 aromatic carbocycles. The summed E-state index contributed by atoms with van der Waals surface area (Å²) in [4.78, 5) is 21.6. The van der Waals surface area contributed by atoms with Crippen molar-refractivity contribution in [3.63, 3.8) is 0 Å². The molecule has 0 rings (SSSR count). The molecule has 16 heavy (non-hydrogen) atoms. The van der Waals surface area contributed by atoms with Crippen LogP contribution in [0.25, 0.3) is 0 Å². The Morgan fingerprint density at radius 3 is 2.38 bits per heavy atom. The number of hydrogen-bond donors (Lipinski definition) is 4. The highest BCUT2D eigenvalue weighted by Gasteiger charge is 2.16. The van der Waals surface area contributed by atoms with Crippen molar-refractivity contribution in [2.75, 3.05) is 6.54 Å². The lowest BCUT2D eigenvalue weighted by Gasteiger charge is -2.14. The van der Waals surface area contributed by atoms with E-state index in [0.717, 1.165) is 0 Å². The third-order valence-corrected chi connectivity index (χ3v) is 2.06. The van der Waals surface area contributed by atoms with E-state index in [0.29, 0.717) is 12.3 Å². The van der Waals surface area contributed by atoms with Gasteiger partial charge in [-0.3, -0.25) is 4.79 Å². The molecule has 2 atom stereocenters. The van der Waals surface area contributed by atoms with Crippen molar-refractivity contribution in [2.24, 2.45) is 11.7 Å². The summed E-state index contributed by atoms with van der Waals surface area (Å²) in [7, 11) is 0. The number of carboxylic acids is 1. The minimum absolute atomic E-state index is 0.0184. The van der Waals surface area contributed by atoms with Crippen LogP contribution in [0.15, 0.2) is 0 Å². The number of nitrogens with one attached hydrogen (secondary N) is 1. The maximum atomic E-state index is 11.4. The summed E-state index contributed by atoms with van der Waals surface area (Å²) < 4.78 is 0. The van der Waals surface area contributed by atoms with Crippen molar-refractivity contribution in [3.05, 3.63) is 0 Å². The van der Waals surface area contributed by atoms with Gasteiger partial charge < -0.3 is 21.3 Å². The average molecular weight is 232 g/mol. The Bertz CT molecular complexity index is 243. The maximum absolute atomic E-state index is 11.4. The van der Waals surface area contributed by atoms with Crippen LogP contribution in [-0.2, 0) is 9.59 Å². The SMILES string of the molecule is CC(C)C[C@@H](N)C(=O)NCC[C@H](O)C(=O)O. The molecule has 0 heterocycles. The summed E-state index contributed by atoms with van der Waals surface area (Å²) in [6.45, 7) is 4.03. The van der Waals surface area contributed by atoms with Crippen LogP contribution in [0, 0.1) is 5.92 Å². The second kappa shape index (κ2) is 7.19. The van der Waals surface area contributed by atoms with Gasteiger partial charge in [0.15, 0.2) is 6.10 Å². The van der Waals surface area contributed by atoms with Crippen molar-refractivity contribution in [2.45, 2.75) is 38.8 Å². The maximum Gasteiger partial charge on any atom is 0.332 e. The number of carbonyl (C=O) groups is 2. The van der Waals surface area contributed by atoms with Crippen molar-refractivity contribution in [1.82, 2.24) is 5.32 Å². The zero-order valence-corrected chi connectivity index (χ0v) is 9.64. The molecule has 0 fully saturated rings. The van der Waals surface area contributed by atoms with E-state index >= 15 is 0 Å². The molecule has 0 spiro atoms. The molecule has 0 bridgehead atoms. The van der Waals surface area contributed by atoms with Crippen LogP contribution in [0.4, 0.5) is 0 Å². The van der Waals surface area contributed by atoms with Gasteiger partial charge >= 0.3 is 5.97 Å². The van der Waals surface area contributed by atoms with Crippen LogP contribution in [-0.4, -0.2) is 40.8 Å². The third kappa shape index (κ3) is 6.36. The standard InChI is InChI=1S/C10H20N2O4/c1-6(2)5-7(11)9(14)12-4-3-8(13)10(15)16/h6-8,13H,3-5,11H2,1-2H3,(H,12,14)(H,15,16)/t7-,8+/m1/s1. The van der Waals surface area contributed by atoms with Gasteiger partial charge in [-0.1, -0.05) is 13.8 Å². The van der Waals surface area contributed by atoms with Crippen LogP contribution in [0.5, 0.6) is 0 Å². The summed E-state index contributed by atoms with van der Waals surface area (Å²) >= 11 is 0. The number of aliphatic hydroxyl groups is 1. The van der Waals surface area contributed by atoms with E-state index in [1.54, 1.807) is 0 Å². The fraction of sp³-hybridized carbons (Fsp3) is 0.800. The van der Waals surface area contributed by atoms with Crippen molar-refractivity contribution in [1.29, 1.82) is 0 Å². The van der Waals surface area contributed by atoms with Gasteiger partial charge in [0, 0.05) is 13.0 Å². The Morgan fingerprint density at radius 2 is 1.94 bits per heavy atom. The first-order valence-corrected chi connectivity index (χ1v) is 5.28. The Balaban J connectivity index is 3.77. The predicted octanol–water partition coefficient (Wildman–Crippen LogP) is -0.688. The zero-order chi connectivity index (χ0) is 12.7. The van der Waals surface area contributed by atoms with Crippen LogP contribution in [0.2, 0.25) is 0 Å². The molecule has 0 aliphatic carbocycles. The average Bonchev–Trinajstić information content (AvgIpc) is 2.15.